The van der Waals surface area contributed by atoms with Crippen LogP contribution >= 0.6 is 23.1 Å². The molecule has 4 aromatic heterocycles. The smallest absolute Gasteiger partial charge is 0.144 e. The van der Waals surface area contributed by atoms with E-state index in [1.165, 1.54) is 52.8 Å². The number of nitrogens with two attached hydrogens (primary N) is 2. The molecule has 2 aliphatic carbocycles. The summed E-state index contributed by atoms with van der Waals surface area (Å²) in [4.78, 5) is 34.2. The quantitative estimate of drug-likeness (QED) is 0.200. The molecule has 0 saturated carbocycles. The highest BCUT2D eigenvalue weighted by Gasteiger charge is 2.49. The second kappa shape index (κ2) is 11.1. The average molecular weight is 673 g/mol. The van der Waals surface area contributed by atoms with Crippen LogP contribution in [0.5, 0.6) is 0 Å². The SMILES string of the molecule is CC1(C)Cc2c(N3CCCC3)nc3c(c2C1)C1=NC=NC(N)(Cc2cccnc2)C1S3.Nc1ncnc2c1sc1[nH]cc3cccc-3c12. The Hall–Kier alpha value is -4.39. The van der Waals surface area contributed by atoms with E-state index in [0.29, 0.717) is 12.2 Å². The average Bonchev–Trinajstić information content (AvgIpc) is 3.90. The maximum Gasteiger partial charge on any atom is 0.144 e. The van der Waals surface area contributed by atoms with Crippen molar-refractivity contribution in [3.8, 4) is 11.1 Å². The first-order valence-electron chi connectivity index (χ1n) is 16.4. The Labute approximate surface area is 286 Å². The second-order valence-corrected chi connectivity index (χ2v) is 16.1. The second-order valence-electron chi connectivity index (χ2n) is 14.0. The number of anilines is 2. The third-order valence-electron chi connectivity index (χ3n) is 9.94. The number of hydrogen-bond donors (Lipinski definition) is 3. The molecule has 2 unspecified atom stereocenters. The lowest BCUT2D eigenvalue weighted by molar-refractivity contribution is 0.392. The predicted molar refractivity (Wildman–Crippen MR) is 197 cm³/mol. The van der Waals surface area contributed by atoms with Gasteiger partial charge < -0.3 is 21.4 Å². The highest BCUT2D eigenvalue weighted by Crippen LogP contribution is 2.51. The lowest BCUT2D eigenvalue weighted by atomic mass is 9.88. The Morgan fingerprint density at radius 3 is 2.75 bits per heavy atom. The van der Waals surface area contributed by atoms with E-state index in [0.717, 1.165) is 62.7 Å². The van der Waals surface area contributed by atoms with E-state index in [4.69, 9.17) is 21.4 Å². The van der Waals surface area contributed by atoms with Crippen molar-refractivity contribution < 1.29 is 0 Å². The molecule has 0 spiro atoms. The molecule has 2 atom stereocenters. The Morgan fingerprint density at radius 1 is 1.06 bits per heavy atom. The van der Waals surface area contributed by atoms with Gasteiger partial charge in [-0.25, -0.2) is 24.9 Å². The van der Waals surface area contributed by atoms with E-state index in [2.05, 4.69) is 61.9 Å². The number of fused-ring (bicyclic) bond motifs is 10. The first-order valence-corrected chi connectivity index (χ1v) is 18.1. The molecule has 0 bridgehead atoms. The van der Waals surface area contributed by atoms with Gasteiger partial charge in [-0.2, -0.15) is 0 Å². The van der Waals surface area contributed by atoms with Gasteiger partial charge in [-0.1, -0.05) is 49.9 Å². The van der Waals surface area contributed by atoms with Crippen molar-refractivity contribution >= 4 is 67.2 Å². The number of rotatable bonds is 3. The molecular weight excluding hydrogens is 637 g/mol. The molecular formula is C36H36N10S2. The van der Waals surface area contributed by atoms with Crippen LogP contribution in [0.25, 0.3) is 31.6 Å². The van der Waals surface area contributed by atoms with Crippen molar-refractivity contribution in [2.24, 2.45) is 21.1 Å². The highest BCUT2D eigenvalue weighted by atomic mass is 32.2. The molecule has 1 fully saturated rings. The number of pyridine rings is 3. The van der Waals surface area contributed by atoms with E-state index < -0.39 is 5.66 Å². The summed E-state index contributed by atoms with van der Waals surface area (Å²) >= 11 is 3.36. The number of nitrogens with one attached hydrogen (secondary N) is 1. The van der Waals surface area contributed by atoms with Crippen LogP contribution in [0.4, 0.5) is 11.6 Å². The van der Waals surface area contributed by atoms with Crippen LogP contribution < -0.4 is 16.4 Å². The summed E-state index contributed by atoms with van der Waals surface area (Å²) in [6.45, 7) is 6.95. The molecule has 1 saturated heterocycles. The summed E-state index contributed by atoms with van der Waals surface area (Å²) in [7, 11) is 0. The first kappa shape index (κ1) is 29.7. The fourth-order valence-electron chi connectivity index (χ4n) is 7.79. The number of nitrogen functional groups attached to an aromatic ring is 1. The zero-order chi connectivity index (χ0) is 32.6. The summed E-state index contributed by atoms with van der Waals surface area (Å²) < 4.78 is 0.951. The van der Waals surface area contributed by atoms with Gasteiger partial charge in [0.05, 0.1) is 21.2 Å². The first-order chi connectivity index (χ1) is 23.3. The van der Waals surface area contributed by atoms with Gasteiger partial charge in [0.2, 0.25) is 0 Å². The van der Waals surface area contributed by atoms with Gasteiger partial charge in [-0.05, 0) is 65.0 Å². The maximum absolute atomic E-state index is 6.95. The zero-order valence-electron chi connectivity index (χ0n) is 26.9. The molecule has 242 valence electrons. The van der Waals surface area contributed by atoms with Crippen LogP contribution in [0, 0.1) is 5.41 Å². The zero-order valence-corrected chi connectivity index (χ0v) is 28.5. The standard InChI is InChI=1S/C24H28N6S.C12H8N4S/c1-23(2)11-16-17(12-23)21(30-8-3-4-9-30)29-22-18(16)19-20(31-22)24(25,28-14-27-19)10-15-6-5-7-26-13-15;13-11-10-9(15-5-16-11)8-7-3-1-2-6(7)4-14-12(8)17-10/h5-7,13-14,20H,3-4,8-12,25H2,1-2H3;1-5,14H,(H2,13,15,16). The topological polar surface area (TPSA) is 147 Å². The number of aromatic amines is 1. The fourth-order valence-corrected chi connectivity index (χ4v) is 10.2. The van der Waals surface area contributed by atoms with Gasteiger partial charge in [0, 0.05) is 49.1 Å². The van der Waals surface area contributed by atoms with E-state index in [-0.39, 0.29) is 10.7 Å². The molecule has 12 heteroatoms. The van der Waals surface area contributed by atoms with Gasteiger partial charge in [0.25, 0.3) is 0 Å². The van der Waals surface area contributed by atoms with E-state index in [1.54, 1.807) is 35.6 Å². The molecule has 5 N–H and O–H groups in total. The van der Waals surface area contributed by atoms with Gasteiger partial charge in [-0.3, -0.25) is 4.98 Å². The van der Waals surface area contributed by atoms with Gasteiger partial charge in [0.1, 0.15) is 39.8 Å². The summed E-state index contributed by atoms with van der Waals surface area (Å²) in [5.74, 6) is 1.75. The Kier molecular flexibility index (Phi) is 6.86. The van der Waals surface area contributed by atoms with Crippen LogP contribution in [0.2, 0.25) is 0 Å². The molecule has 10 nitrogen and oxygen atoms in total. The van der Waals surface area contributed by atoms with Crippen molar-refractivity contribution in [1.29, 1.82) is 0 Å². The van der Waals surface area contributed by atoms with Crippen molar-refractivity contribution in [3.05, 3.63) is 77.5 Å². The Morgan fingerprint density at radius 2 is 1.92 bits per heavy atom. The molecule has 48 heavy (non-hydrogen) atoms. The van der Waals surface area contributed by atoms with E-state index >= 15 is 0 Å². The number of thiophene rings is 1. The summed E-state index contributed by atoms with van der Waals surface area (Å²) in [5.41, 5.74) is 22.0. The van der Waals surface area contributed by atoms with Crippen molar-refractivity contribution in [1.82, 2.24) is 24.9 Å². The minimum absolute atomic E-state index is 0.0261. The molecule has 8 heterocycles. The predicted octanol–water partition coefficient (Wildman–Crippen LogP) is 6.26. The number of aromatic nitrogens is 5. The number of nitrogens with zero attached hydrogens (tertiary/aromatic N) is 7. The van der Waals surface area contributed by atoms with E-state index in [9.17, 15) is 0 Å². The molecule has 0 amide bonds. The lowest BCUT2D eigenvalue weighted by Crippen LogP contribution is -2.53. The van der Waals surface area contributed by atoms with E-state index in [1.807, 2.05) is 24.5 Å². The van der Waals surface area contributed by atoms with Crippen LogP contribution in [0.3, 0.4) is 0 Å². The van der Waals surface area contributed by atoms with Crippen molar-refractivity contribution in [2.45, 2.75) is 61.9 Å². The van der Waals surface area contributed by atoms with Crippen molar-refractivity contribution in [2.75, 3.05) is 23.7 Å². The lowest BCUT2D eigenvalue weighted by Gasteiger charge is -2.33. The largest absolute Gasteiger partial charge is 0.382 e. The van der Waals surface area contributed by atoms with Gasteiger partial charge >= 0.3 is 0 Å². The molecule has 4 aliphatic heterocycles. The van der Waals surface area contributed by atoms with Gasteiger partial charge in [0.15, 0.2) is 0 Å². The normalized spacial score (nSPS) is 22.1. The highest BCUT2D eigenvalue weighted by molar-refractivity contribution is 8.01. The number of H-pyrrole nitrogens is 1. The minimum Gasteiger partial charge on any atom is -0.382 e. The maximum atomic E-state index is 6.95. The number of hydrogen-bond acceptors (Lipinski definition) is 11. The number of thioether (sulfide) groups is 1. The third kappa shape index (κ3) is 4.80. The van der Waals surface area contributed by atoms with Crippen LogP contribution in [-0.2, 0) is 19.3 Å². The summed E-state index contributed by atoms with van der Waals surface area (Å²) in [6, 6.07) is 10.3. The molecule has 6 aliphatic rings. The monoisotopic (exact) mass is 672 g/mol. The van der Waals surface area contributed by atoms with Gasteiger partial charge in [-0.15, -0.1) is 11.3 Å². The summed E-state index contributed by atoms with van der Waals surface area (Å²) in [5, 5.41) is 2.21. The number of aliphatic imine (C=N–C) groups is 2. The molecule has 4 aromatic rings. The molecule has 0 radical (unpaired) electrons. The minimum atomic E-state index is -0.750. The molecule has 0 aromatic carbocycles. The Bertz CT molecular complexity index is 2230. The molecule has 10 rings (SSSR count). The third-order valence-corrected chi connectivity index (χ3v) is 12.5. The van der Waals surface area contributed by atoms with Crippen LogP contribution in [0.1, 0.15) is 48.9 Å². The summed E-state index contributed by atoms with van der Waals surface area (Å²) in [6.07, 6.45) is 14.2. The van der Waals surface area contributed by atoms with Crippen molar-refractivity contribution in [3.63, 3.8) is 0 Å². The fraction of sp³-hybridized carbons (Fsp3) is 0.333. The van der Waals surface area contributed by atoms with Crippen LogP contribution in [0.15, 0.2) is 70.3 Å². The Balaban J connectivity index is 0.000000155. The van der Waals surface area contributed by atoms with Crippen LogP contribution in [-0.4, -0.2) is 61.0 Å².